The normalized spacial score (nSPS) is 29.7. The van der Waals surface area contributed by atoms with E-state index in [1.165, 1.54) is 32.1 Å². The summed E-state index contributed by atoms with van der Waals surface area (Å²) in [5.74, 6) is 1.69. The molecule has 19 heavy (non-hydrogen) atoms. The van der Waals surface area contributed by atoms with Crippen LogP contribution in [0.2, 0.25) is 0 Å². The van der Waals surface area contributed by atoms with Crippen molar-refractivity contribution in [2.24, 2.45) is 16.9 Å². The zero-order chi connectivity index (χ0) is 13.9. The molecule has 0 aromatic carbocycles. The summed E-state index contributed by atoms with van der Waals surface area (Å²) in [6.07, 6.45) is 8.33. The standard InChI is InChI=1S/C15H26N2O2/c1-15(2,3)19-14(18)17-16-13-9-8-11-6-4-5-7-12(11)10-13/h11-12H,4-10H2,1-3H3,(H,17,18)/b16-13-/t11-,12-/m1/s1. The Morgan fingerprint density at radius 2 is 1.89 bits per heavy atom. The van der Waals surface area contributed by atoms with Gasteiger partial charge in [-0.3, -0.25) is 0 Å². The number of amides is 1. The van der Waals surface area contributed by atoms with Crippen LogP contribution < -0.4 is 5.43 Å². The number of nitrogens with one attached hydrogen (secondary N) is 1. The van der Waals surface area contributed by atoms with Gasteiger partial charge in [0.05, 0.1) is 0 Å². The topological polar surface area (TPSA) is 50.7 Å². The van der Waals surface area contributed by atoms with Gasteiger partial charge in [0, 0.05) is 5.71 Å². The first-order valence-electron chi connectivity index (χ1n) is 7.48. The van der Waals surface area contributed by atoms with E-state index in [0.717, 1.165) is 30.4 Å². The van der Waals surface area contributed by atoms with Gasteiger partial charge in [-0.15, -0.1) is 0 Å². The van der Waals surface area contributed by atoms with Gasteiger partial charge in [0.15, 0.2) is 0 Å². The third kappa shape index (κ3) is 4.51. The van der Waals surface area contributed by atoms with E-state index in [9.17, 15) is 4.79 Å². The van der Waals surface area contributed by atoms with Gasteiger partial charge in [0.2, 0.25) is 0 Å². The maximum Gasteiger partial charge on any atom is 0.428 e. The Morgan fingerprint density at radius 1 is 1.21 bits per heavy atom. The summed E-state index contributed by atoms with van der Waals surface area (Å²) in [6.45, 7) is 5.56. The Morgan fingerprint density at radius 3 is 2.58 bits per heavy atom. The van der Waals surface area contributed by atoms with E-state index in [1.54, 1.807) is 0 Å². The highest BCUT2D eigenvalue weighted by Crippen LogP contribution is 2.39. The Kier molecular flexibility index (Phi) is 4.48. The van der Waals surface area contributed by atoms with E-state index >= 15 is 0 Å². The zero-order valence-electron chi connectivity index (χ0n) is 12.4. The lowest BCUT2D eigenvalue weighted by molar-refractivity contribution is 0.0528. The van der Waals surface area contributed by atoms with Gasteiger partial charge in [-0.25, -0.2) is 10.2 Å². The van der Waals surface area contributed by atoms with E-state index in [4.69, 9.17) is 4.74 Å². The molecule has 0 heterocycles. The number of ether oxygens (including phenoxy) is 1. The maximum atomic E-state index is 11.5. The molecule has 4 nitrogen and oxygen atoms in total. The van der Waals surface area contributed by atoms with Crippen LogP contribution in [0.25, 0.3) is 0 Å². The number of hydrogen-bond acceptors (Lipinski definition) is 3. The average Bonchev–Trinajstić information content (AvgIpc) is 2.34. The molecule has 2 saturated carbocycles. The molecule has 2 fully saturated rings. The van der Waals surface area contributed by atoms with E-state index in [2.05, 4.69) is 10.5 Å². The lowest BCUT2D eigenvalue weighted by Crippen LogP contribution is -2.32. The second-order valence-corrected chi connectivity index (χ2v) is 6.84. The number of carbonyl (C=O) groups is 1. The first-order chi connectivity index (χ1) is 8.94. The van der Waals surface area contributed by atoms with Crippen LogP contribution in [0.3, 0.4) is 0 Å². The van der Waals surface area contributed by atoms with Gasteiger partial charge >= 0.3 is 6.09 Å². The van der Waals surface area contributed by atoms with Gasteiger partial charge < -0.3 is 4.74 Å². The minimum absolute atomic E-state index is 0.453. The van der Waals surface area contributed by atoms with E-state index in [0.29, 0.717) is 0 Å². The van der Waals surface area contributed by atoms with Crippen molar-refractivity contribution in [2.45, 2.75) is 71.3 Å². The number of hydrazone groups is 1. The molecular formula is C15H26N2O2. The first-order valence-corrected chi connectivity index (χ1v) is 7.48. The van der Waals surface area contributed by atoms with Gasteiger partial charge in [0.25, 0.3) is 0 Å². The Labute approximate surface area is 116 Å². The highest BCUT2D eigenvalue weighted by atomic mass is 16.6. The van der Waals surface area contributed by atoms with Crippen LogP contribution in [0.5, 0.6) is 0 Å². The highest BCUT2D eigenvalue weighted by Gasteiger charge is 2.30. The fourth-order valence-electron chi connectivity index (χ4n) is 3.22. The van der Waals surface area contributed by atoms with Crippen LogP contribution in [-0.2, 0) is 4.74 Å². The van der Waals surface area contributed by atoms with Crippen LogP contribution in [-0.4, -0.2) is 17.4 Å². The molecule has 2 rings (SSSR count). The fraction of sp³-hybridized carbons (Fsp3) is 0.867. The predicted molar refractivity (Wildman–Crippen MR) is 76.1 cm³/mol. The number of rotatable bonds is 1. The van der Waals surface area contributed by atoms with Crippen molar-refractivity contribution < 1.29 is 9.53 Å². The first kappa shape index (κ1) is 14.4. The van der Waals surface area contributed by atoms with Crippen LogP contribution in [0.4, 0.5) is 4.79 Å². The molecule has 2 aliphatic rings. The molecule has 0 aromatic rings. The molecular weight excluding hydrogens is 240 g/mol. The number of hydrogen-bond donors (Lipinski definition) is 1. The summed E-state index contributed by atoms with van der Waals surface area (Å²) >= 11 is 0. The molecule has 0 aromatic heterocycles. The summed E-state index contributed by atoms with van der Waals surface area (Å²) in [5.41, 5.74) is 3.20. The minimum Gasteiger partial charge on any atom is -0.443 e. The Hall–Kier alpha value is -1.06. The monoisotopic (exact) mass is 266 g/mol. The molecule has 0 spiro atoms. The molecule has 0 bridgehead atoms. The molecule has 2 atom stereocenters. The molecule has 1 N–H and O–H groups in total. The minimum atomic E-state index is -0.467. The van der Waals surface area contributed by atoms with E-state index in [-0.39, 0.29) is 0 Å². The van der Waals surface area contributed by atoms with Crippen LogP contribution in [0, 0.1) is 11.8 Å². The van der Waals surface area contributed by atoms with Crippen molar-refractivity contribution in [1.82, 2.24) is 5.43 Å². The fourth-order valence-corrected chi connectivity index (χ4v) is 3.22. The predicted octanol–water partition coefficient (Wildman–Crippen LogP) is 3.86. The molecule has 108 valence electrons. The third-order valence-corrected chi connectivity index (χ3v) is 4.07. The van der Waals surface area contributed by atoms with E-state index < -0.39 is 11.7 Å². The summed E-state index contributed by atoms with van der Waals surface area (Å²) in [6, 6.07) is 0. The van der Waals surface area contributed by atoms with Gasteiger partial charge in [-0.1, -0.05) is 19.3 Å². The molecule has 0 unspecified atom stereocenters. The average molecular weight is 266 g/mol. The molecule has 0 aliphatic heterocycles. The van der Waals surface area contributed by atoms with Crippen molar-refractivity contribution in [3.05, 3.63) is 0 Å². The molecule has 0 radical (unpaired) electrons. The van der Waals surface area contributed by atoms with Crippen molar-refractivity contribution in [3.8, 4) is 0 Å². The van der Waals surface area contributed by atoms with E-state index in [1.807, 2.05) is 20.8 Å². The Balaban J connectivity index is 1.82. The number of fused-ring (bicyclic) bond motifs is 1. The zero-order valence-corrected chi connectivity index (χ0v) is 12.4. The number of nitrogens with zero attached hydrogens (tertiary/aromatic N) is 1. The second kappa shape index (κ2) is 5.93. The van der Waals surface area contributed by atoms with Crippen LogP contribution in [0.1, 0.15) is 65.7 Å². The van der Waals surface area contributed by atoms with Crippen LogP contribution in [0.15, 0.2) is 5.10 Å². The maximum absolute atomic E-state index is 11.5. The molecule has 0 saturated heterocycles. The lowest BCUT2D eigenvalue weighted by atomic mass is 9.70. The van der Waals surface area contributed by atoms with Crippen molar-refractivity contribution in [1.29, 1.82) is 0 Å². The van der Waals surface area contributed by atoms with Gasteiger partial charge in [-0.2, -0.15) is 5.10 Å². The lowest BCUT2D eigenvalue weighted by Gasteiger charge is -2.35. The number of carbonyl (C=O) groups excluding carboxylic acids is 1. The summed E-state index contributed by atoms with van der Waals surface area (Å²) in [5, 5.41) is 4.25. The Bertz CT molecular complexity index is 358. The quantitative estimate of drug-likeness (QED) is 0.733. The van der Waals surface area contributed by atoms with Crippen molar-refractivity contribution >= 4 is 11.8 Å². The molecule has 4 heteroatoms. The smallest absolute Gasteiger partial charge is 0.428 e. The summed E-state index contributed by atoms with van der Waals surface area (Å²) < 4.78 is 5.18. The summed E-state index contributed by atoms with van der Waals surface area (Å²) in [4.78, 5) is 11.5. The molecule has 2 aliphatic carbocycles. The van der Waals surface area contributed by atoms with Gasteiger partial charge in [-0.05, 0) is 58.3 Å². The SMILES string of the molecule is CC(C)(C)OC(=O)N/N=C1/CC[C@H]2CCCC[C@@H]2C1. The summed E-state index contributed by atoms with van der Waals surface area (Å²) in [7, 11) is 0. The second-order valence-electron chi connectivity index (χ2n) is 6.84. The highest BCUT2D eigenvalue weighted by molar-refractivity contribution is 5.86. The van der Waals surface area contributed by atoms with Crippen LogP contribution >= 0.6 is 0 Å². The largest absolute Gasteiger partial charge is 0.443 e. The van der Waals surface area contributed by atoms with Crippen molar-refractivity contribution in [3.63, 3.8) is 0 Å². The van der Waals surface area contributed by atoms with Gasteiger partial charge in [0.1, 0.15) is 5.60 Å². The third-order valence-electron chi connectivity index (χ3n) is 4.07. The molecule has 1 amide bonds. The van der Waals surface area contributed by atoms with Crippen molar-refractivity contribution in [2.75, 3.05) is 0 Å².